The van der Waals surface area contributed by atoms with Gasteiger partial charge in [0.05, 0.1) is 234 Å². The van der Waals surface area contributed by atoms with E-state index in [0.29, 0.717) is 95.7 Å². The van der Waals surface area contributed by atoms with Crippen LogP contribution >= 0.6 is 0 Å². The zero-order valence-corrected chi connectivity index (χ0v) is 67.0. The number of nitrogens with one attached hydrogen (secondary N) is 4. The lowest BCUT2D eigenvalue weighted by atomic mass is 9.99. The summed E-state index contributed by atoms with van der Waals surface area (Å²) in [5.41, 5.74) is 5.48. The molecule has 4 aromatic carbocycles. The van der Waals surface area contributed by atoms with Crippen LogP contribution in [0.15, 0.2) is 134 Å². The van der Waals surface area contributed by atoms with Gasteiger partial charge in [0.25, 0.3) is 23.6 Å². The van der Waals surface area contributed by atoms with Crippen LogP contribution in [0.1, 0.15) is 132 Å². The molecular formula is C88H72F6N24O8. The van der Waals surface area contributed by atoms with Crippen molar-refractivity contribution in [3.63, 3.8) is 0 Å². The van der Waals surface area contributed by atoms with Gasteiger partial charge >= 0.3 is 0 Å². The van der Waals surface area contributed by atoms with E-state index < -0.39 is 70.6 Å². The molecule has 0 radical (unpaired) electrons. The SMILES string of the molecule is CC1(C)C(O)CCN1c1ccn(-c2cc(-c3c(F)cccc3C#N)nc3c2C(=O)NC3)n1.N#Cc1cccc(F)c1-c1cc(-n2cc(F)c(N3CC[C@@H](O)C3)n2)c2c(n1)CNC2=O.N#Cc1cccc(F)c1-c1cc(-n2cc(F)c(N3CC[C@H](O)C3)n2)c2c(n1)CNC2=O.N#Cc1cccc(F)c1-c1cc(-n2ccc(N3C[C@H]4CC[C@@H](C3)O4)n2)c2c(n1)CNC2=O. The fourth-order valence-electron chi connectivity index (χ4n) is 17.3. The van der Waals surface area contributed by atoms with Crippen LogP contribution in [0.5, 0.6) is 0 Å². The van der Waals surface area contributed by atoms with Gasteiger partial charge in [0.2, 0.25) is 0 Å². The molecule has 32 nitrogen and oxygen atoms in total. The van der Waals surface area contributed by atoms with Crippen LogP contribution in [-0.4, -0.2) is 180 Å². The molecule has 2 bridgehead atoms. The highest BCUT2D eigenvalue weighted by molar-refractivity contribution is 6.04. The second-order valence-corrected chi connectivity index (χ2v) is 31.7. The summed E-state index contributed by atoms with van der Waals surface area (Å²) in [5, 5.41) is 96.4. The number of aliphatic hydroxyl groups excluding tert-OH is 3. The van der Waals surface area contributed by atoms with Gasteiger partial charge in [-0.1, -0.05) is 24.3 Å². The first kappa shape index (κ1) is 81.8. The Morgan fingerprint density at radius 2 is 0.730 bits per heavy atom. The molecule has 5 fully saturated rings. The molecule has 17 heterocycles. The topological polar surface area (TPSA) is 417 Å². The van der Waals surface area contributed by atoms with Crippen LogP contribution in [0.4, 0.5) is 49.6 Å². The highest BCUT2D eigenvalue weighted by atomic mass is 19.1. The maximum Gasteiger partial charge on any atom is 0.255 e. The molecule has 9 aliphatic rings. The van der Waals surface area contributed by atoms with Crippen molar-refractivity contribution in [2.45, 2.75) is 108 Å². The molecule has 8 aromatic heterocycles. The highest BCUT2D eigenvalue weighted by Crippen LogP contribution is 2.41. The number of fused-ring (bicyclic) bond motifs is 6. The molecule has 21 rings (SSSR count). The third kappa shape index (κ3) is 14.9. The number of nitrogens with zero attached hydrogens (tertiary/aromatic N) is 20. The maximum absolute atomic E-state index is 14.7. The number of carbonyl (C=O) groups excluding carboxylic acids is 4. The molecule has 126 heavy (non-hydrogen) atoms. The second-order valence-electron chi connectivity index (χ2n) is 31.7. The minimum absolute atomic E-state index is 0.00363. The van der Waals surface area contributed by atoms with Gasteiger partial charge in [0.15, 0.2) is 34.9 Å². The van der Waals surface area contributed by atoms with Crippen LogP contribution in [0.25, 0.3) is 67.8 Å². The number of aliphatic hydroxyl groups is 3. The zero-order valence-electron chi connectivity index (χ0n) is 67.0. The molecule has 5 atom stereocenters. The zero-order chi connectivity index (χ0) is 87.8. The number of hydrogen-bond donors (Lipinski definition) is 7. The third-order valence-corrected chi connectivity index (χ3v) is 23.6. The Balaban J connectivity index is 0.000000114. The van der Waals surface area contributed by atoms with E-state index in [1.165, 1.54) is 88.2 Å². The molecule has 0 aliphatic carbocycles. The Morgan fingerprint density at radius 1 is 0.397 bits per heavy atom. The number of benzene rings is 4. The number of β-amino-alcohol motifs (C(OH)–C–C–N with tert-alkyl or cyclic N) is 2. The number of carbonyl (C=O) groups is 4. The molecule has 1 unspecified atom stereocenters. The van der Waals surface area contributed by atoms with Gasteiger partial charge in [-0.25, -0.2) is 65.0 Å². The number of nitriles is 4. The largest absolute Gasteiger partial charge is 0.391 e. The van der Waals surface area contributed by atoms with E-state index >= 15 is 0 Å². The van der Waals surface area contributed by atoms with E-state index in [-0.39, 0.29) is 159 Å². The number of amides is 4. The Labute approximate surface area is 712 Å². The van der Waals surface area contributed by atoms with Crippen molar-refractivity contribution >= 4 is 46.9 Å². The first-order valence-electron chi connectivity index (χ1n) is 40.2. The lowest BCUT2D eigenvalue weighted by Crippen LogP contribution is -2.45. The maximum atomic E-state index is 14.7. The third-order valence-electron chi connectivity index (χ3n) is 23.6. The van der Waals surface area contributed by atoms with Gasteiger partial charge in [-0.15, -0.1) is 10.2 Å². The summed E-state index contributed by atoms with van der Waals surface area (Å²) >= 11 is 0. The summed E-state index contributed by atoms with van der Waals surface area (Å²) in [6.45, 7) is 8.28. The van der Waals surface area contributed by atoms with Crippen LogP contribution in [-0.2, 0) is 30.9 Å². The lowest BCUT2D eigenvalue weighted by molar-refractivity contribution is 0.0302. The van der Waals surface area contributed by atoms with Crippen LogP contribution in [0, 0.1) is 80.2 Å². The Hall–Kier alpha value is -15.2. The number of aromatic nitrogens is 12. The number of hydrogen-bond acceptors (Lipinski definition) is 24. The summed E-state index contributed by atoms with van der Waals surface area (Å²) in [7, 11) is 0. The molecule has 7 N–H and O–H groups in total. The number of pyridine rings is 4. The van der Waals surface area contributed by atoms with Crippen molar-refractivity contribution in [3.8, 4) is 92.1 Å². The summed E-state index contributed by atoms with van der Waals surface area (Å²) in [4.78, 5) is 75.2. The second kappa shape index (κ2) is 32.9. The summed E-state index contributed by atoms with van der Waals surface area (Å²) in [5.74, 6) is -3.30. The van der Waals surface area contributed by atoms with Crippen molar-refractivity contribution in [2.75, 3.05) is 65.4 Å². The monoisotopic (exact) mass is 1710 g/mol. The first-order valence-corrected chi connectivity index (χ1v) is 40.2. The number of halogens is 6. The van der Waals surface area contributed by atoms with E-state index in [1.807, 2.05) is 55.2 Å². The molecule has 0 saturated carbocycles. The van der Waals surface area contributed by atoms with Crippen molar-refractivity contribution in [1.82, 2.24) is 80.3 Å². The minimum atomic E-state index is -0.631. The normalized spacial score (nSPS) is 18.9. The summed E-state index contributed by atoms with van der Waals surface area (Å²) in [6, 6.07) is 34.6. The fraction of sp³-hybridized carbons (Fsp3) is 0.273. The minimum Gasteiger partial charge on any atom is -0.391 e. The van der Waals surface area contributed by atoms with Gasteiger partial charge in [0.1, 0.15) is 23.3 Å². The molecular weight excluding hydrogens is 1640 g/mol. The quantitative estimate of drug-likeness (QED) is 0.0561. The number of rotatable bonds is 12. The smallest absolute Gasteiger partial charge is 0.255 e. The molecule has 4 amide bonds. The van der Waals surface area contributed by atoms with Crippen LogP contribution in [0.3, 0.4) is 0 Å². The Morgan fingerprint density at radius 3 is 1.05 bits per heavy atom. The first-order chi connectivity index (χ1) is 60.8. The lowest BCUT2D eigenvalue weighted by Gasteiger charge is -2.33. The van der Waals surface area contributed by atoms with Gasteiger partial charge < -0.3 is 60.9 Å². The molecule has 0 spiro atoms. The molecule has 38 heteroatoms. The summed E-state index contributed by atoms with van der Waals surface area (Å²) < 4.78 is 99.6. The average Bonchev–Trinajstić information content (AvgIpc) is 1.59. The van der Waals surface area contributed by atoms with E-state index in [2.05, 4.69) is 61.4 Å². The summed E-state index contributed by atoms with van der Waals surface area (Å²) in [6.07, 6.45) is 8.45. The van der Waals surface area contributed by atoms with Gasteiger partial charge in [-0.05, 0) is 119 Å². The van der Waals surface area contributed by atoms with E-state index in [9.17, 15) is 81.9 Å². The van der Waals surface area contributed by atoms with Crippen molar-refractivity contribution < 1.29 is 65.6 Å². The molecule has 5 saturated heterocycles. The van der Waals surface area contributed by atoms with Crippen LogP contribution in [0.2, 0.25) is 0 Å². The number of morpholine rings is 1. The number of anilines is 4. The van der Waals surface area contributed by atoms with Crippen molar-refractivity contribution in [3.05, 3.63) is 236 Å². The fourth-order valence-corrected chi connectivity index (χ4v) is 17.3. The predicted molar refractivity (Wildman–Crippen MR) is 438 cm³/mol. The molecule has 634 valence electrons. The van der Waals surface area contributed by atoms with Gasteiger partial charge in [-0.2, -0.15) is 31.2 Å². The molecule has 12 aromatic rings. The highest BCUT2D eigenvalue weighted by Gasteiger charge is 2.43. The van der Waals surface area contributed by atoms with E-state index in [0.717, 1.165) is 44.1 Å². The average molecular weight is 1710 g/mol. The van der Waals surface area contributed by atoms with Gasteiger partial charge in [-0.3, -0.25) is 19.2 Å². The standard InChI is InChI=1S/C23H19FN6O2.C23H21FN6O2.2C21H16F2N6O2/c24-16-3-1-2-13(9-25)21(16)17-8-19(22-18(27-17)10-26-23(22)31)30-7-6-20(28-30)29-11-14-4-5-15(12-29)32-14;1-23(2)18(31)6-8-29(23)19-7-9-30(28-19)17-10-15(27-16-12-26-22(32)21(16)17)20-13(11-25)4-3-5-14(20)24;2*22-13-3-1-2-11(7-24)18(13)15-6-17(19-16(26-15)8-25-21(19)31)29-10-14(23)20(27-29)28-5-4-12(30)9-28/h1-3,6-8,14-15H,4-5,10-12H2,(H,26,31);3-5,7,9-10,18,31H,6,8,12H2,1-2H3,(H,26,32);2*1-3,6,10,12,30H,4-5,8-9H2,(H,25,31)/t14-,15+;;2*12-/m..10/s1. The van der Waals surface area contributed by atoms with Crippen molar-refractivity contribution in [1.29, 1.82) is 21.0 Å². The Bertz CT molecular complexity index is 6490. The van der Waals surface area contributed by atoms with Crippen molar-refractivity contribution in [2.24, 2.45) is 0 Å². The number of ether oxygens (including phenoxy) is 1. The van der Waals surface area contributed by atoms with Gasteiger partial charge in [0, 0.05) is 70.3 Å². The Kier molecular flexibility index (Phi) is 21.3. The van der Waals surface area contributed by atoms with Crippen LogP contribution < -0.4 is 40.9 Å². The van der Waals surface area contributed by atoms with E-state index in [4.69, 9.17) is 9.84 Å². The molecule has 9 aliphatic heterocycles. The van der Waals surface area contributed by atoms with E-state index in [1.54, 1.807) is 49.8 Å². The predicted octanol–water partition coefficient (Wildman–Crippen LogP) is 8.89.